The second kappa shape index (κ2) is 14.0. The third kappa shape index (κ3) is 7.11. The van der Waals surface area contributed by atoms with E-state index >= 15 is 0 Å². The highest BCUT2D eigenvalue weighted by atomic mass is 19.4. The van der Waals surface area contributed by atoms with Crippen LogP contribution in [-0.2, 0) is 20.5 Å². The molecule has 47 heavy (non-hydrogen) atoms. The molecule has 4 fully saturated rings. The van der Waals surface area contributed by atoms with Gasteiger partial charge in [-0.05, 0) is 61.1 Å². The minimum Gasteiger partial charge on any atom is -0.497 e. The molecule has 4 aliphatic rings. The molecule has 3 aliphatic heterocycles. The lowest BCUT2D eigenvalue weighted by Crippen LogP contribution is -2.39. The molecule has 8 nitrogen and oxygen atoms in total. The fourth-order valence-corrected chi connectivity index (χ4v) is 8.54. The second-order valence-corrected chi connectivity index (χ2v) is 13.8. The Morgan fingerprint density at radius 3 is 2.21 bits per heavy atom. The summed E-state index contributed by atoms with van der Waals surface area (Å²) in [6.07, 6.45) is 0.949. The lowest BCUT2D eigenvalue weighted by molar-refractivity contribution is -0.142. The molecule has 2 unspecified atom stereocenters. The summed E-state index contributed by atoms with van der Waals surface area (Å²) in [5, 5.41) is 9.50. The Bertz CT molecular complexity index is 1410. The van der Waals surface area contributed by atoms with E-state index in [1.165, 1.54) is 18.9 Å². The zero-order chi connectivity index (χ0) is 33.3. The van der Waals surface area contributed by atoms with Crippen molar-refractivity contribution in [2.75, 3.05) is 65.0 Å². The van der Waals surface area contributed by atoms with Gasteiger partial charge in [-0.1, -0.05) is 31.0 Å². The van der Waals surface area contributed by atoms with Crippen molar-refractivity contribution in [3.05, 3.63) is 59.2 Å². The molecule has 1 amide bonds. The van der Waals surface area contributed by atoms with Crippen molar-refractivity contribution in [1.29, 1.82) is 0 Å². The molecule has 6 rings (SSSR count). The van der Waals surface area contributed by atoms with Gasteiger partial charge < -0.3 is 24.4 Å². The van der Waals surface area contributed by atoms with Crippen LogP contribution in [0.3, 0.4) is 0 Å². The minimum atomic E-state index is -4.51. The quantitative estimate of drug-likeness (QED) is 0.362. The number of piperidine rings is 1. The Kier molecular flexibility index (Phi) is 10.0. The number of hydrogen-bond donors (Lipinski definition) is 1. The first kappa shape index (κ1) is 33.6. The molecular weight excluding hydrogens is 611 g/mol. The summed E-state index contributed by atoms with van der Waals surface area (Å²) in [5.74, 6) is -1.03. The highest BCUT2D eigenvalue weighted by molar-refractivity contribution is 5.81. The summed E-state index contributed by atoms with van der Waals surface area (Å²) in [6, 6.07) is 12.4. The number of rotatable bonds is 9. The van der Waals surface area contributed by atoms with Gasteiger partial charge in [0.15, 0.2) is 0 Å². The van der Waals surface area contributed by atoms with Gasteiger partial charge in [-0.2, -0.15) is 13.2 Å². The predicted molar refractivity (Wildman–Crippen MR) is 172 cm³/mol. The Balaban J connectivity index is 1.28. The number of ether oxygens (including phenoxy) is 2. The first-order chi connectivity index (χ1) is 22.6. The predicted octanol–water partition coefficient (Wildman–Crippen LogP) is 5.86. The molecule has 0 radical (unpaired) electrons. The monoisotopic (exact) mass is 657 g/mol. The van der Waals surface area contributed by atoms with E-state index in [9.17, 15) is 27.9 Å². The van der Waals surface area contributed by atoms with Crippen molar-refractivity contribution in [1.82, 2.24) is 9.80 Å². The van der Waals surface area contributed by atoms with Crippen molar-refractivity contribution in [2.45, 2.75) is 62.6 Å². The number of nitrogens with zero attached hydrogens (tertiary/aromatic N) is 3. The number of hydrogen-bond acceptors (Lipinski definition) is 6. The fraction of sp³-hybridized carbons (Fsp3) is 0.611. The average molecular weight is 658 g/mol. The highest BCUT2D eigenvalue weighted by Crippen LogP contribution is 2.44. The van der Waals surface area contributed by atoms with E-state index in [1.807, 2.05) is 21.9 Å². The van der Waals surface area contributed by atoms with Crippen LogP contribution in [0.2, 0.25) is 0 Å². The third-order valence-corrected chi connectivity index (χ3v) is 11.1. The molecule has 11 heteroatoms. The van der Waals surface area contributed by atoms with E-state index in [4.69, 9.17) is 9.47 Å². The van der Waals surface area contributed by atoms with E-state index in [0.29, 0.717) is 63.9 Å². The number of carboxylic acids is 1. The van der Waals surface area contributed by atoms with Gasteiger partial charge in [-0.15, -0.1) is 0 Å². The maximum absolute atomic E-state index is 14.5. The van der Waals surface area contributed by atoms with Gasteiger partial charge in [0.1, 0.15) is 5.75 Å². The summed E-state index contributed by atoms with van der Waals surface area (Å²) < 4.78 is 52.8. The van der Waals surface area contributed by atoms with Gasteiger partial charge in [0.2, 0.25) is 5.91 Å². The molecule has 3 saturated heterocycles. The summed E-state index contributed by atoms with van der Waals surface area (Å²) in [4.78, 5) is 32.4. The molecule has 1 N–H and O–H groups in total. The molecule has 0 aromatic heterocycles. The summed E-state index contributed by atoms with van der Waals surface area (Å²) in [6.45, 7) is 3.47. The van der Waals surface area contributed by atoms with Crippen molar-refractivity contribution >= 4 is 17.6 Å². The van der Waals surface area contributed by atoms with Gasteiger partial charge in [-0.3, -0.25) is 14.5 Å². The molecule has 2 aromatic carbocycles. The van der Waals surface area contributed by atoms with E-state index in [1.54, 1.807) is 20.3 Å². The molecule has 0 spiro atoms. The Morgan fingerprint density at radius 2 is 1.60 bits per heavy atom. The van der Waals surface area contributed by atoms with E-state index < -0.39 is 23.6 Å². The Hall–Kier alpha value is -3.31. The Labute approximate surface area is 274 Å². The zero-order valence-corrected chi connectivity index (χ0v) is 27.3. The van der Waals surface area contributed by atoms with Crippen LogP contribution in [0.5, 0.6) is 5.75 Å². The topological polar surface area (TPSA) is 82.6 Å². The number of likely N-dealkylation sites (tertiary alicyclic amines) is 2. The lowest BCUT2D eigenvalue weighted by atomic mass is 9.86. The maximum Gasteiger partial charge on any atom is 0.416 e. The zero-order valence-electron chi connectivity index (χ0n) is 27.3. The molecule has 1 aliphatic carbocycles. The van der Waals surface area contributed by atoms with Gasteiger partial charge in [0, 0.05) is 75.9 Å². The normalized spacial score (nSPS) is 26.3. The SMILES string of the molecule is COCC1CN(C(=O)[C@@H]2CN(C3CCCC3)C[C@H]2c2ccc(OC)cc2)CC1c1ccc(C(F)(F)F)cc1N1CCC(C(=O)O)CC1. The molecule has 4 atom stereocenters. The van der Waals surface area contributed by atoms with Gasteiger partial charge in [0.25, 0.3) is 0 Å². The number of amides is 1. The van der Waals surface area contributed by atoms with Crippen molar-refractivity contribution in [3.63, 3.8) is 0 Å². The number of anilines is 1. The van der Waals surface area contributed by atoms with Crippen LogP contribution in [0.25, 0.3) is 0 Å². The van der Waals surface area contributed by atoms with Gasteiger partial charge in [-0.25, -0.2) is 0 Å². The molecular formula is C36H46F3N3O5. The van der Waals surface area contributed by atoms with Crippen LogP contribution in [-0.4, -0.2) is 92.9 Å². The molecule has 0 bridgehead atoms. The largest absolute Gasteiger partial charge is 0.497 e. The van der Waals surface area contributed by atoms with E-state index in [0.717, 1.165) is 42.3 Å². The molecule has 1 saturated carbocycles. The average Bonchev–Trinajstić information content (AvgIpc) is 3.85. The number of carboxylic acid groups (broad SMARTS) is 1. The van der Waals surface area contributed by atoms with Crippen molar-refractivity contribution in [3.8, 4) is 5.75 Å². The summed E-state index contributed by atoms with van der Waals surface area (Å²) in [7, 11) is 3.25. The number of carbonyl (C=O) groups is 2. The number of methoxy groups -OCH3 is 2. The standard InChI is InChI=1S/C36H46F3N3O5/c1-46-22-25-18-42(34(43)32-21-41(27-5-3-4-6-27)19-30(32)23-7-10-28(47-2)11-8-23)20-31(25)29-12-9-26(36(37,38)39)17-33(29)40-15-13-24(14-16-40)35(44)45/h7-12,17,24-25,27,30-32H,3-6,13-16,18-22H2,1-2H3,(H,44,45)/t25?,30-,31?,32+/m0/s1. The fourth-order valence-electron chi connectivity index (χ4n) is 8.54. The number of carbonyl (C=O) groups excluding carboxylic acids is 1. The lowest BCUT2D eigenvalue weighted by Gasteiger charge is -2.35. The molecule has 3 heterocycles. The van der Waals surface area contributed by atoms with Crippen molar-refractivity contribution < 1.29 is 37.3 Å². The van der Waals surface area contributed by atoms with Crippen molar-refractivity contribution in [2.24, 2.45) is 17.8 Å². The van der Waals surface area contributed by atoms with Crippen LogP contribution in [0.4, 0.5) is 18.9 Å². The molecule has 256 valence electrons. The third-order valence-electron chi connectivity index (χ3n) is 11.1. The number of benzene rings is 2. The van der Waals surface area contributed by atoms with Crippen LogP contribution >= 0.6 is 0 Å². The highest BCUT2D eigenvalue weighted by Gasteiger charge is 2.46. The minimum absolute atomic E-state index is 0.0334. The van der Waals surface area contributed by atoms with E-state index in [2.05, 4.69) is 17.0 Å². The number of aliphatic carboxylic acids is 1. The number of alkyl halides is 3. The first-order valence-corrected chi connectivity index (χ1v) is 16.9. The molecule has 2 aromatic rings. The summed E-state index contributed by atoms with van der Waals surface area (Å²) in [5.41, 5.74) is 1.62. The smallest absolute Gasteiger partial charge is 0.416 e. The van der Waals surface area contributed by atoms with Crippen LogP contribution < -0.4 is 9.64 Å². The van der Waals surface area contributed by atoms with Crippen LogP contribution in [0, 0.1) is 17.8 Å². The van der Waals surface area contributed by atoms with Crippen LogP contribution in [0.15, 0.2) is 42.5 Å². The van der Waals surface area contributed by atoms with E-state index in [-0.39, 0.29) is 29.6 Å². The number of halogens is 3. The second-order valence-electron chi connectivity index (χ2n) is 13.8. The van der Waals surface area contributed by atoms with Crippen LogP contribution in [0.1, 0.15) is 67.1 Å². The maximum atomic E-state index is 14.5. The Morgan fingerprint density at radius 1 is 0.894 bits per heavy atom. The van der Waals surface area contributed by atoms with Gasteiger partial charge >= 0.3 is 12.1 Å². The summed E-state index contributed by atoms with van der Waals surface area (Å²) >= 11 is 0. The first-order valence-electron chi connectivity index (χ1n) is 16.9. The van der Waals surface area contributed by atoms with Gasteiger partial charge in [0.05, 0.1) is 31.1 Å².